The van der Waals surface area contributed by atoms with Gasteiger partial charge in [0.2, 0.25) is 5.79 Å². The van der Waals surface area contributed by atoms with Gasteiger partial charge in [0, 0.05) is 42.9 Å². The number of epoxide rings is 2. The Hall–Kier alpha value is -2.82. The van der Waals surface area contributed by atoms with Crippen LogP contribution in [-0.4, -0.2) is 116 Å². The summed E-state index contributed by atoms with van der Waals surface area (Å²) >= 11 is 0. The zero-order valence-electron chi connectivity index (χ0n) is 30.4. The highest BCUT2D eigenvalue weighted by Gasteiger charge is 2.94. The third-order valence-corrected chi connectivity index (χ3v) is 15.3. The first-order valence-corrected chi connectivity index (χ1v) is 18.4. The zero-order chi connectivity index (χ0) is 38.2. The second-order valence-electron chi connectivity index (χ2n) is 17.7. The van der Waals surface area contributed by atoms with Gasteiger partial charge in [0.1, 0.15) is 48.2 Å². The molecule has 52 heavy (non-hydrogen) atoms. The first kappa shape index (κ1) is 36.2. The van der Waals surface area contributed by atoms with E-state index >= 15 is 0 Å². The molecule has 20 atom stereocenters. The quantitative estimate of drug-likeness (QED) is 0.155. The summed E-state index contributed by atoms with van der Waals surface area (Å²) in [6.07, 6.45) is -11.2. The van der Waals surface area contributed by atoms with E-state index in [0.717, 1.165) is 6.92 Å². The molecule has 3 aliphatic heterocycles. The molecule has 4 N–H and O–H groups in total. The molecular weight excluding hydrogens is 684 g/mol. The van der Waals surface area contributed by atoms with Gasteiger partial charge in [0.15, 0.2) is 11.4 Å². The second kappa shape index (κ2) is 10.7. The number of aliphatic hydroxyl groups is 4. The molecule has 15 nitrogen and oxygen atoms in total. The molecule has 1 spiro atoms. The number of ether oxygens (including phenoxy) is 5. The van der Waals surface area contributed by atoms with Crippen molar-refractivity contribution in [3.05, 3.63) is 0 Å². The number of fused-ring (bicyclic) bond motifs is 9. The van der Waals surface area contributed by atoms with E-state index < -0.39 is 153 Å². The number of Topliss-reactive ketones (excluding diaryl/α,β-unsaturated/α-hetero) is 3. The maximum atomic E-state index is 14.7. The van der Waals surface area contributed by atoms with Crippen LogP contribution in [0.25, 0.3) is 0 Å². The second-order valence-corrected chi connectivity index (χ2v) is 17.7. The Kier molecular flexibility index (Phi) is 7.43. The van der Waals surface area contributed by atoms with Crippen molar-refractivity contribution in [1.29, 1.82) is 0 Å². The van der Waals surface area contributed by atoms with Gasteiger partial charge in [0.25, 0.3) is 0 Å². The lowest BCUT2D eigenvalue weighted by atomic mass is 9.39. The van der Waals surface area contributed by atoms with Crippen molar-refractivity contribution in [2.24, 2.45) is 63.6 Å². The molecule has 0 radical (unpaired) electrons. The highest BCUT2D eigenvalue weighted by atomic mass is 16.8. The summed E-state index contributed by atoms with van der Waals surface area (Å²) in [5, 5.41) is 49.4. The van der Waals surface area contributed by atoms with Crippen LogP contribution in [0.3, 0.4) is 0 Å². The Morgan fingerprint density at radius 3 is 2.08 bits per heavy atom. The number of hydrogen-bond acceptors (Lipinski definition) is 15. The fraction of sp³-hybridized carbons (Fsp3) is 0.838. The van der Waals surface area contributed by atoms with Crippen molar-refractivity contribution < 1.29 is 72.9 Å². The standard InChI is InChI=1S/C37H48O15/c1-11(2)9-18(41)50-27-21-19-22(35(13(4)38)16(24(42)25(19)43)10-17-26(49-17)29(35)44)28(48-15(6)40)30(45)36(21,14(5)39)20-12(3)31-37(51-31)33(7,23(20)27)34(8,47)32(46)52-37/h11-12,16-17,19-23,25-31,43-45,47H,9-10H2,1-8H3/t12-,16+,17-,19-,20-,21+,22+,23-,25+,26-,27+,28-,29-,30-,31+,33-,34+,35-,36+,37-/m0/s1. The summed E-state index contributed by atoms with van der Waals surface area (Å²) in [5.41, 5.74) is -8.16. The molecule has 3 saturated heterocycles. The number of carbonyl (C=O) groups excluding carboxylic acids is 6. The fourth-order valence-corrected chi connectivity index (χ4v) is 13.3. The van der Waals surface area contributed by atoms with Crippen LogP contribution in [0.5, 0.6) is 0 Å². The summed E-state index contributed by atoms with van der Waals surface area (Å²) in [4.78, 5) is 83.8. The molecule has 0 bridgehead atoms. The molecular formula is C37H48O15. The van der Waals surface area contributed by atoms with Crippen LogP contribution in [0.15, 0.2) is 0 Å². The van der Waals surface area contributed by atoms with Gasteiger partial charge in [-0.3, -0.25) is 24.0 Å². The number of hydrogen-bond donors (Lipinski definition) is 4. The van der Waals surface area contributed by atoms with E-state index in [1.165, 1.54) is 20.8 Å². The molecule has 5 aliphatic carbocycles. The van der Waals surface area contributed by atoms with E-state index in [-0.39, 0.29) is 18.8 Å². The molecule has 8 aliphatic rings. The Labute approximate surface area is 300 Å². The summed E-state index contributed by atoms with van der Waals surface area (Å²) in [6.45, 7) is 11.6. The average Bonchev–Trinajstić information content (AvgIpc) is 3.94. The zero-order valence-corrected chi connectivity index (χ0v) is 30.4. The maximum Gasteiger partial charge on any atom is 0.341 e. The first-order valence-electron chi connectivity index (χ1n) is 18.4. The van der Waals surface area contributed by atoms with E-state index in [1.807, 2.05) is 0 Å². The summed E-state index contributed by atoms with van der Waals surface area (Å²) < 4.78 is 30.0. The third-order valence-electron chi connectivity index (χ3n) is 15.3. The van der Waals surface area contributed by atoms with E-state index in [2.05, 4.69) is 0 Å². The number of esters is 3. The lowest BCUT2D eigenvalue weighted by Crippen LogP contribution is -2.77. The SMILES string of the molecule is CC(=O)O[C@H]1[C@H]2[C@H]([C@@H]3[C@@H](OC(=O)CC(C)C)[C@@H]4[C@H]([C@H](C)[C@H]5O[C@]56OC(=O)[C@@](C)(O)[C@]46C)[C@@]3(C(C)=O)[C@H]1O)[C@@H](O)C(=O)[C@H]1C[C@@H]3O[C@@H]3[C@H](O)[C@]21C(C)=O. The molecule has 8 rings (SSSR count). The molecule has 0 aromatic carbocycles. The minimum absolute atomic E-state index is 0.0250. The van der Waals surface area contributed by atoms with Crippen LogP contribution in [0, 0.1) is 63.6 Å². The Balaban J connectivity index is 1.44. The van der Waals surface area contributed by atoms with E-state index in [4.69, 9.17) is 23.7 Å². The molecule has 8 fully saturated rings. The highest BCUT2D eigenvalue weighted by Crippen LogP contribution is 2.81. The largest absolute Gasteiger partial charge is 0.462 e. The number of aliphatic hydroxyl groups excluding tert-OH is 3. The van der Waals surface area contributed by atoms with Gasteiger partial charge in [-0.2, -0.15) is 0 Å². The first-order chi connectivity index (χ1) is 24.1. The van der Waals surface area contributed by atoms with Crippen molar-refractivity contribution in [2.45, 2.75) is 128 Å². The van der Waals surface area contributed by atoms with Crippen LogP contribution in [0.2, 0.25) is 0 Å². The van der Waals surface area contributed by atoms with Gasteiger partial charge in [-0.15, -0.1) is 0 Å². The lowest BCUT2D eigenvalue weighted by molar-refractivity contribution is -0.264. The van der Waals surface area contributed by atoms with Gasteiger partial charge < -0.3 is 44.1 Å². The topological polar surface area (TPSA) is 236 Å². The van der Waals surface area contributed by atoms with Gasteiger partial charge in [-0.25, -0.2) is 4.79 Å². The fourth-order valence-electron chi connectivity index (χ4n) is 13.3. The molecule has 0 amide bonds. The molecule has 3 heterocycles. The van der Waals surface area contributed by atoms with Crippen molar-refractivity contribution in [3.8, 4) is 0 Å². The van der Waals surface area contributed by atoms with Crippen molar-refractivity contribution in [1.82, 2.24) is 0 Å². The predicted octanol–water partition coefficient (Wildman–Crippen LogP) is -0.353. The third kappa shape index (κ3) is 3.78. The lowest BCUT2D eigenvalue weighted by Gasteiger charge is -2.64. The smallest absolute Gasteiger partial charge is 0.341 e. The molecule has 0 unspecified atom stereocenters. The molecule has 286 valence electrons. The van der Waals surface area contributed by atoms with Crippen LogP contribution in [0.1, 0.15) is 68.2 Å². The van der Waals surface area contributed by atoms with Crippen LogP contribution in [0.4, 0.5) is 0 Å². The molecule has 0 aromatic rings. The number of carbonyl (C=O) groups is 6. The summed E-state index contributed by atoms with van der Waals surface area (Å²) in [7, 11) is 0. The number of ketones is 3. The van der Waals surface area contributed by atoms with Crippen molar-refractivity contribution >= 4 is 35.3 Å². The summed E-state index contributed by atoms with van der Waals surface area (Å²) in [5.74, 6) is -15.4. The minimum Gasteiger partial charge on any atom is -0.462 e. The van der Waals surface area contributed by atoms with Gasteiger partial charge in [-0.1, -0.05) is 20.8 Å². The van der Waals surface area contributed by atoms with Gasteiger partial charge in [-0.05, 0) is 51.9 Å². The van der Waals surface area contributed by atoms with Gasteiger partial charge >= 0.3 is 17.9 Å². The van der Waals surface area contributed by atoms with E-state index in [9.17, 15) is 49.2 Å². The van der Waals surface area contributed by atoms with Crippen LogP contribution < -0.4 is 0 Å². The van der Waals surface area contributed by atoms with E-state index in [0.29, 0.717) is 0 Å². The summed E-state index contributed by atoms with van der Waals surface area (Å²) in [6, 6.07) is 0. The maximum absolute atomic E-state index is 14.7. The normalized spacial score (nSPS) is 56.1. The monoisotopic (exact) mass is 732 g/mol. The van der Waals surface area contributed by atoms with Crippen LogP contribution in [-0.2, 0) is 52.5 Å². The Morgan fingerprint density at radius 2 is 1.50 bits per heavy atom. The molecule has 15 heteroatoms. The van der Waals surface area contributed by atoms with Crippen molar-refractivity contribution in [3.63, 3.8) is 0 Å². The minimum atomic E-state index is -2.29. The predicted molar refractivity (Wildman–Crippen MR) is 170 cm³/mol. The molecule has 5 saturated carbocycles. The highest BCUT2D eigenvalue weighted by molar-refractivity contribution is 5.97. The Bertz CT molecular complexity index is 1690. The van der Waals surface area contributed by atoms with Crippen molar-refractivity contribution in [2.75, 3.05) is 0 Å². The van der Waals surface area contributed by atoms with Gasteiger partial charge in [0.05, 0.1) is 28.5 Å². The number of rotatable bonds is 6. The average molecular weight is 733 g/mol. The molecule has 0 aromatic heterocycles. The Morgan fingerprint density at radius 1 is 0.885 bits per heavy atom. The van der Waals surface area contributed by atoms with E-state index in [1.54, 1.807) is 27.7 Å². The van der Waals surface area contributed by atoms with Crippen LogP contribution >= 0.6 is 0 Å².